The van der Waals surface area contributed by atoms with Crippen LogP contribution >= 0.6 is 0 Å². The highest BCUT2D eigenvalue weighted by Gasteiger charge is 2.35. The lowest BCUT2D eigenvalue weighted by Gasteiger charge is -2.29. The fraction of sp³-hybridized carbons (Fsp3) is 0.480. The van der Waals surface area contributed by atoms with Crippen molar-refractivity contribution in [2.45, 2.75) is 56.8 Å². The first-order valence-electron chi connectivity index (χ1n) is 10.9. The molecule has 1 aliphatic heterocycles. The van der Waals surface area contributed by atoms with Gasteiger partial charge in [0.05, 0.1) is 32.8 Å². The van der Waals surface area contributed by atoms with Crippen molar-refractivity contribution in [1.82, 2.24) is 0 Å². The number of para-hydroxylation sites is 2. The van der Waals surface area contributed by atoms with Crippen LogP contribution in [0.5, 0.6) is 28.7 Å². The van der Waals surface area contributed by atoms with E-state index in [4.69, 9.17) is 29.4 Å². The topological polar surface area (TPSA) is 96.0 Å². The minimum atomic E-state index is -0.721. The summed E-state index contributed by atoms with van der Waals surface area (Å²) in [7, 11) is 4.72. The van der Waals surface area contributed by atoms with Crippen LogP contribution in [0, 0.1) is 11.3 Å². The Kier molecular flexibility index (Phi) is 7.70. The Morgan fingerprint density at radius 3 is 2.22 bits per heavy atom. The Hall–Kier alpha value is -3.11. The molecule has 0 fully saturated rings. The van der Waals surface area contributed by atoms with Gasteiger partial charge in [-0.1, -0.05) is 19.1 Å². The van der Waals surface area contributed by atoms with E-state index in [1.807, 2.05) is 43.3 Å². The van der Waals surface area contributed by atoms with Crippen LogP contribution in [0.4, 0.5) is 0 Å². The summed E-state index contributed by atoms with van der Waals surface area (Å²) in [5.74, 6) is 3.09. The van der Waals surface area contributed by atoms with Gasteiger partial charge in [-0.25, -0.2) is 0 Å². The third-order valence-electron chi connectivity index (χ3n) is 6.08. The highest BCUT2D eigenvalue weighted by atomic mass is 16.7. The van der Waals surface area contributed by atoms with E-state index >= 15 is 0 Å². The lowest BCUT2D eigenvalue weighted by molar-refractivity contribution is 0.0350. The second-order valence-electron chi connectivity index (χ2n) is 7.93. The van der Waals surface area contributed by atoms with E-state index in [1.54, 1.807) is 21.3 Å². The molecule has 0 radical (unpaired) electrons. The average molecular weight is 441 g/mol. The second kappa shape index (κ2) is 10.5. The van der Waals surface area contributed by atoms with Gasteiger partial charge >= 0.3 is 0 Å². The quantitative estimate of drug-likeness (QED) is 0.547. The lowest BCUT2D eigenvalue weighted by Crippen LogP contribution is -2.31. The molecule has 0 spiro atoms. The van der Waals surface area contributed by atoms with Crippen LogP contribution in [0.2, 0.25) is 0 Å². The molecule has 2 aromatic carbocycles. The predicted molar refractivity (Wildman–Crippen MR) is 122 cm³/mol. The number of rotatable bonds is 11. The molecule has 1 heterocycles. The molecule has 7 nitrogen and oxygen atoms in total. The number of benzene rings is 2. The van der Waals surface area contributed by atoms with Gasteiger partial charge in [0.2, 0.25) is 12.0 Å². The van der Waals surface area contributed by atoms with E-state index in [-0.39, 0.29) is 12.3 Å². The molecule has 2 aromatic rings. The van der Waals surface area contributed by atoms with Gasteiger partial charge in [0, 0.05) is 18.0 Å². The van der Waals surface area contributed by atoms with Crippen molar-refractivity contribution >= 4 is 0 Å². The first kappa shape index (κ1) is 23.6. The van der Waals surface area contributed by atoms with Crippen molar-refractivity contribution in [3.8, 4) is 34.8 Å². The number of nitriles is 1. The van der Waals surface area contributed by atoms with Gasteiger partial charge in [-0.3, -0.25) is 0 Å². The van der Waals surface area contributed by atoms with Crippen molar-refractivity contribution in [3.63, 3.8) is 0 Å². The molecule has 2 atom stereocenters. The predicted octanol–water partition coefficient (Wildman–Crippen LogP) is 4.57. The highest BCUT2D eigenvalue weighted by molar-refractivity contribution is 5.59. The zero-order valence-corrected chi connectivity index (χ0v) is 19.2. The maximum absolute atomic E-state index is 10.2. The average Bonchev–Trinajstić information content (AvgIpc) is 3.23. The smallest absolute Gasteiger partial charge is 0.243 e. The number of methoxy groups -OCH3 is 3. The van der Waals surface area contributed by atoms with Crippen molar-refractivity contribution in [2.24, 2.45) is 5.73 Å². The van der Waals surface area contributed by atoms with E-state index < -0.39 is 5.41 Å². The number of ether oxygens (including phenoxy) is 5. The zero-order valence-electron chi connectivity index (χ0n) is 19.2. The Bertz CT molecular complexity index is 933. The van der Waals surface area contributed by atoms with Crippen LogP contribution < -0.4 is 29.4 Å². The molecule has 0 aliphatic carbocycles. The summed E-state index contributed by atoms with van der Waals surface area (Å²) in [5, 5.41) is 10.2. The summed E-state index contributed by atoms with van der Waals surface area (Å²) in [5.41, 5.74) is 6.45. The normalized spacial score (nSPS) is 15.5. The minimum Gasteiger partial charge on any atom is -0.493 e. The number of nitrogens with two attached hydrogens (primary N) is 1. The molecule has 1 aliphatic rings. The van der Waals surface area contributed by atoms with E-state index in [9.17, 15) is 5.26 Å². The van der Waals surface area contributed by atoms with E-state index in [0.29, 0.717) is 36.5 Å². The number of nitrogens with zero attached hydrogens (tertiary/aromatic N) is 1. The molecule has 0 bridgehead atoms. The van der Waals surface area contributed by atoms with E-state index in [0.717, 1.165) is 29.9 Å². The van der Waals surface area contributed by atoms with Crippen molar-refractivity contribution in [3.05, 3.63) is 42.0 Å². The molecule has 0 aromatic heterocycles. The molecular formula is C25H32N2O5. The maximum atomic E-state index is 10.2. The van der Waals surface area contributed by atoms with Gasteiger partial charge in [0.25, 0.3) is 0 Å². The highest BCUT2D eigenvalue weighted by Crippen LogP contribution is 2.47. The molecule has 3 rings (SSSR count). The monoisotopic (exact) mass is 440 g/mol. The largest absolute Gasteiger partial charge is 0.493 e. The summed E-state index contributed by atoms with van der Waals surface area (Å²) in [4.78, 5) is 0. The summed E-state index contributed by atoms with van der Waals surface area (Å²) < 4.78 is 28.2. The number of hydrogen-bond donors (Lipinski definition) is 1. The van der Waals surface area contributed by atoms with Gasteiger partial charge in [-0.15, -0.1) is 0 Å². The molecule has 0 saturated carbocycles. The molecular weight excluding hydrogens is 408 g/mol. The lowest BCUT2D eigenvalue weighted by atomic mass is 9.74. The molecule has 2 unspecified atom stereocenters. The van der Waals surface area contributed by atoms with Crippen molar-refractivity contribution in [2.75, 3.05) is 21.3 Å². The van der Waals surface area contributed by atoms with E-state index in [2.05, 4.69) is 6.07 Å². The van der Waals surface area contributed by atoms with Gasteiger partial charge in [0.1, 0.15) is 0 Å². The first-order chi connectivity index (χ1) is 15.5. The standard InChI is InChI=1S/C25H32N2O5/c1-5-25(16-26,18-12-13-21(28-2)24(30-4)23(18)29-3)14-8-9-17(27)15-22-31-19-10-6-7-11-20(19)32-22/h6-7,10-13,17,22H,5,8-9,14-15,27H2,1-4H3. The zero-order chi connectivity index (χ0) is 23.1. The molecule has 0 saturated heterocycles. The Morgan fingerprint density at radius 1 is 1.03 bits per heavy atom. The third-order valence-corrected chi connectivity index (χ3v) is 6.08. The van der Waals surface area contributed by atoms with Crippen LogP contribution in [0.15, 0.2) is 36.4 Å². The molecule has 7 heteroatoms. The first-order valence-corrected chi connectivity index (χ1v) is 10.9. The summed E-state index contributed by atoms with van der Waals surface area (Å²) in [6.45, 7) is 2.01. The van der Waals surface area contributed by atoms with E-state index in [1.165, 1.54) is 0 Å². The second-order valence-corrected chi connectivity index (χ2v) is 7.93. The van der Waals surface area contributed by atoms with Crippen LogP contribution in [-0.2, 0) is 5.41 Å². The molecule has 2 N–H and O–H groups in total. The Morgan fingerprint density at radius 2 is 1.69 bits per heavy atom. The summed E-state index contributed by atoms with van der Waals surface area (Å²) in [6, 6.07) is 13.8. The Labute approximate surface area is 190 Å². The number of hydrogen-bond acceptors (Lipinski definition) is 7. The van der Waals surface area contributed by atoms with Crippen molar-refractivity contribution < 1.29 is 23.7 Å². The van der Waals surface area contributed by atoms with Crippen LogP contribution in [0.1, 0.15) is 44.6 Å². The van der Waals surface area contributed by atoms with Gasteiger partial charge in [-0.05, 0) is 49.9 Å². The van der Waals surface area contributed by atoms with Gasteiger partial charge in [0.15, 0.2) is 23.0 Å². The van der Waals surface area contributed by atoms with Crippen LogP contribution in [0.3, 0.4) is 0 Å². The molecule has 0 amide bonds. The van der Waals surface area contributed by atoms with Gasteiger partial charge < -0.3 is 29.4 Å². The number of fused-ring (bicyclic) bond motifs is 1. The Balaban J connectivity index is 1.66. The van der Waals surface area contributed by atoms with Crippen LogP contribution in [-0.4, -0.2) is 33.7 Å². The van der Waals surface area contributed by atoms with Gasteiger partial charge in [-0.2, -0.15) is 5.26 Å². The van der Waals surface area contributed by atoms with Crippen molar-refractivity contribution in [1.29, 1.82) is 5.26 Å². The summed E-state index contributed by atoms with van der Waals surface area (Å²) >= 11 is 0. The molecule has 172 valence electrons. The maximum Gasteiger partial charge on any atom is 0.243 e. The molecule has 32 heavy (non-hydrogen) atoms. The fourth-order valence-corrected chi connectivity index (χ4v) is 4.25. The fourth-order valence-electron chi connectivity index (χ4n) is 4.25. The van der Waals surface area contributed by atoms with Crippen LogP contribution in [0.25, 0.3) is 0 Å². The summed E-state index contributed by atoms with van der Waals surface area (Å²) in [6.07, 6.45) is 3.01. The SMILES string of the molecule is CCC(C#N)(CCCC(N)CC1Oc2ccccc2O1)c1ccc(OC)c(OC)c1OC. The minimum absolute atomic E-state index is 0.102. The third kappa shape index (κ3) is 4.71.